The Morgan fingerprint density at radius 3 is 2.95 bits per heavy atom. The Hall–Kier alpha value is -2.14. The van der Waals surface area contributed by atoms with Gasteiger partial charge in [-0.05, 0) is 31.4 Å². The SMILES string of the molecule is COCc1nc(N)cc(N2c3ccccc3CCC2C)n1. The first-order valence-corrected chi connectivity index (χ1v) is 7.18. The number of hydrogen-bond acceptors (Lipinski definition) is 5. The monoisotopic (exact) mass is 284 g/mol. The lowest BCUT2D eigenvalue weighted by atomic mass is 9.96. The van der Waals surface area contributed by atoms with E-state index in [4.69, 9.17) is 10.5 Å². The number of fused-ring (bicyclic) bond motifs is 1. The fourth-order valence-corrected chi connectivity index (χ4v) is 2.86. The second kappa shape index (κ2) is 5.69. The maximum Gasteiger partial charge on any atom is 0.158 e. The molecule has 110 valence electrons. The number of nitrogens with two attached hydrogens (primary N) is 1. The maximum atomic E-state index is 5.93. The quantitative estimate of drug-likeness (QED) is 0.938. The zero-order chi connectivity index (χ0) is 14.8. The summed E-state index contributed by atoms with van der Waals surface area (Å²) < 4.78 is 5.12. The number of nitrogens with zero attached hydrogens (tertiary/aromatic N) is 3. The van der Waals surface area contributed by atoms with Gasteiger partial charge in [0.15, 0.2) is 5.82 Å². The minimum Gasteiger partial charge on any atom is -0.384 e. The normalized spacial score (nSPS) is 17.6. The van der Waals surface area contributed by atoms with Crippen molar-refractivity contribution in [1.29, 1.82) is 0 Å². The largest absolute Gasteiger partial charge is 0.384 e. The van der Waals surface area contributed by atoms with Crippen LogP contribution >= 0.6 is 0 Å². The molecule has 0 aliphatic carbocycles. The number of aryl methyl sites for hydroxylation is 1. The summed E-state index contributed by atoms with van der Waals surface area (Å²) in [6.45, 7) is 2.58. The van der Waals surface area contributed by atoms with Crippen molar-refractivity contribution in [3.05, 3.63) is 41.7 Å². The first-order valence-electron chi connectivity index (χ1n) is 7.18. The highest BCUT2D eigenvalue weighted by molar-refractivity contribution is 5.67. The number of para-hydroxylation sites is 1. The topological polar surface area (TPSA) is 64.3 Å². The van der Waals surface area contributed by atoms with E-state index in [-0.39, 0.29) is 0 Å². The average Bonchev–Trinajstić information content (AvgIpc) is 2.47. The molecule has 2 N–H and O–H groups in total. The summed E-state index contributed by atoms with van der Waals surface area (Å²) in [5.74, 6) is 1.93. The summed E-state index contributed by atoms with van der Waals surface area (Å²) in [5, 5.41) is 0. The number of benzene rings is 1. The van der Waals surface area contributed by atoms with Crippen LogP contribution in [-0.4, -0.2) is 23.1 Å². The van der Waals surface area contributed by atoms with Crippen molar-refractivity contribution in [3.63, 3.8) is 0 Å². The van der Waals surface area contributed by atoms with Gasteiger partial charge < -0.3 is 15.4 Å². The van der Waals surface area contributed by atoms with E-state index in [1.54, 1.807) is 7.11 Å². The van der Waals surface area contributed by atoms with Crippen molar-refractivity contribution >= 4 is 17.3 Å². The molecule has 0 fully saturated rings. The molecule has 1 aliphatic rings. The lowest BCUT2D eigenvalue weighted by Crippen LogP contribution is -2.34. The Balaban J connectivity index is 2.07. The molecule has 0 bridgehead atoms. The van der Waals surface area contributed by atoms with Crippen LogP contribution in [0.25, 0.3) is 0 Å². The molecule has 2 aromatic rings. The van der Waals surface area contributed by atoms with Crippen LogP contribution < -0.4 is 10.6 Å². The average molecular weight is 284 g/mol. The van der Waals surface area contributed by atoms with Gasteiger partial charge in [0.05, 0.1) is 0 Å². The third-order valence-electron chi connectivity index (χ3n) is 3.82. The van der Waals surface area contributed by atoms with E-state index in [0.29, 0.717) is 24.3 Å². The lowest BCUT2D eigenvalue weighted by Gasteiger charge is -2.36. The highest BCUT2D eigenvalue weighted by atomic mass is 16.5. The van der Waals surface area contributed by atoms with Crippen molar-refractivity contribution in [1.82, 2.24) is 9.97 Å². The Morgan fingerprint density at radius 2 is 2.14 bits per heavy atom. The molecule has 1 atom stereocenters. The number of nitrogen functional groups attached to an aromatic ring is 1. The number of methoxy groups -OCH3 is 1. The van der Waals surface area contributed by atoms with Crippen molar-refractivity contribution in [3.8, 4) is 0 Å². The van der Waals surface area contributed by atoms with Gasteiger partial charge in [0.2, 0.25) is 0 Å². The Labute approximate surface area is 124 Å². The van der Waals surface area contributed by atoms with Crippen LogP contribution in [0.3, 0.4) is 0 Å². The maximum absolute atomic E-state index is 5.93. The molecule has 0 saturated heterocycles. The van der Waals surface area contributed by atoms with Crippen LogP contribution in [0.1, 0.15) is 24.7 Å². The third-order valence-corrected chi connectivity index (χ3v) is 3.82. The summed E-state index contributed by atoms with van der Waals surface area (Å²) in [6, 6.07) is 10.7. The van der Waals surface area contributed by atoms with Gasteiger partial charge in [0, 0.05) is 24.9 Å². The first kappa shape index (κ1) is 13.8. The van der Waals surface area contributed by atoms with Gasteiger partial charge in [-0.2, -0.15) is 0 Å². The van der Waals surface area contributed by atoms with Crippen molar-refractivity contribution in [2.75, 3.05) is 17.7 Å². The molecular weight excluding hydrogens is 264 g/mol. The molecule has 1 aromatic heterocycles. The molecule has 0 amide bonds. The molecule has 1 unspecified atom stereocenters. The Kier molecular flexibility index (Phi) is 3.75. The molecule has 1 aromatic carbocycles. The number of anilines is 3. The molecule has 0 radical (unpaired) electrons. The summed E-state index contributed by atoms with van der Waals surface area (Å²) in [6.07, 6.45) is 2.19. The van der Waals surface area contributed by atoms with Crippen LogP contribution in [0.2, 0.25) is 0 Å². The van der Waals surface area contributed by atoms with Crippen molar-refractivity contribution in [2.45, 2.75) is 32.4 Å². The van der Waals surface area contributed by atoms with Crippen LogP contribution in [0.5, 0.6) is 0 Å². The second-order valence-corrected chi connectivity index (χ2v) is 5.39. The van der Waals surface area contributed by atoms with E-state index in [0.717, 1.165) is 18.7 Å². The molecule has 5 nitrogen and oxygen atoms in total. The van der Waals surface area contributed by atoms with E-state index in [1.807, 2.05) is 6.07 Å². The van der Waals surface area contributed by atoms with Gasteiger partial charge in [0.1, 0.15) is 18.2 Å². The molecule has 0 spiro atoms. The van der Waals surface area contributed by atoms with Crippen molar-refractivity contribution < 1.29 is 4.74 Å². The Bertz CT molecular complexity index is 644. The minimum absolute atomic E-state index is 0.363. The minimum atomic E-state index is 0.363. The molecular formula is C16H20N4O. The van der Waals surface area contributed by atoms with E-state index in [9.17, 15) is 0 Å². The molecule has 0 saturated carbocycles. The first-order chi connectivity index (χ1) is 10.2. The highest BCUT2D eigenvalue weighted by Crippen LogP contribution is 2.36. The van der Waals surface area contributed by atoms with E-state index < -0.39 is 0 Å². The molecule has 3 rings (SSSR count). The fourth-order valence-electron chi connectivity index (χ4n) is 2.86. The summed E-state index contributed by atoms with van der Waals surface area (Å²) >= 11 is 0. The molecule has 2 heterocycles. The number of aromatic nitrogens is 2. The zero-order valence-electron chi connectivity index (χ0n) is 12.4. The lowest BCUT2D eigenvalue weighted by molar-refractivity contribution is 0.178. The standard InChI is InChI=1S/C16H20N4O/c1-11-7-8-12-5-3-4-6-13(12)20(11)16-9-14(17)18-15(19-16)10-21-2/h3-6,9,11H,7-8,10H2,1-2H3,(H2,17,18,19). The zero-order valence-corrected chi connectivity index (χ0v) is 12.4. The third kappa shape index (κ3) is 2.69. The van der Waals surface area contributed by atoms with Crippen molar-refractivity contribution in [2.24, 2.45) is 0 Å². The predicted octanol–water partition coefficient (Wildman–Crippen LogP) is 2.68. The number of rotatable bonds is 3. The highest BCUT2D eigenvalue weighted by Gasteiger charge is 2.25. The van der Waals surface area contributed by atoms with E-state index in [1.165, 1.54) is 11.3 Å². The van der Waals surface area contributed by atoms with Gasteiger partial charge in [-0.15, -0.1) is 0 Å². The number of hydrogen-bond donors (Lipinski definition) is 1. The van der Waals surface area contributed by atoms with Gasteiger partial charge in [-0.25, -0.2) is 9.97 Å². The van der Waals surface area contributed by atoms with Gasteiger partial charge >= 0.3 is 0 Å². The molecule has 1 aliphatic heterocycles. The predicted molar refractivity (Wildman–Crippen MR) is 83.5 cm³/mol. The van der Waals surface area contributed by atoms with Gasteiger partial charge in [0.25, 0.3) is 0 Å². The van der Waals surface area contributed by atoms with E-state index in [2.05, 4.69) is 46.1 Å². The summed E-state index contributed by atoms with van der Waals surface area (Å²) in [7, 11) is 1.63. The van der Waals surface area contributed by atoms with Gasteiger partial charge in [-0.3, -0.25) is 0 Å². The van der Waals surface area contributed by atoms with E-state index >= 15 is 0 Å². The van der Waals surface area contributed by atoms with Crippen LogP contribution in [0, 0.1) is 0 Å². The summed E-state index contributed by atoms with van der Waals surface area (Å²) in [4.78, 5) is 11.1. The van der Waals surface area contributed by atoms with Gasteiger partial charge in [-0.1, -0.05) is 18.2 Å². The van der Waals surface area contributed by atoms with Crippen LogP contribution in [0.4, 0.5) is 17.3 Å². The smallest absolute Gasteiger partial charge is 0.158 e. The number of ether oxygens (including phenoxy) is 1. The van der Waals surface area contributed by atoms with Crippen LogP contribution in [-0.2, 0) is 17.8 Å². The second-order valence-electron chi connectivity index (χ2n) is 5.39. The van der Waals surface area contributed by atoms with Crippen LogP contribution in [0.15, 0.2) is 30.3 Å². The molecule has 21 heavy (non-hydrogen) atoms. The Morgan fingerprint density at radius 1 is 1.33 bits per heavy atom. The fraction of sp³-hybridized carbons (Fsp3) is 0.375. The molecule has 5 heteroatoms. The summed E-state index contributed by atoms with van der Waals surface area (Å²) in [5.41, 5.74) is 8.48.